The molecule has 9 heteroatoms. The minimum absolute atomic E-state index is 0.0921. The van der Waals surface area contributed by atoms with Crippen LogP contribution in [0.25, 0.3) is 10.2 Å². The Morgan fingerprint density at radius 1 is 1.12 bits per heavy atom. The first-order valence-electron chi connectivity index (χ1n) is 10.8. The third-order valence-electron chi connectivity index (χ3n) is 5.33. The van der Waals surface area contributed by atoms with Gasteiger partial charge in [-0.1, -0.05) is 29.8 Å². The molecule has 0 aliphatic heterocycles. The third-order valence-corrected chi connectivity index (χ3v) is 6.45. The fraction of sp³-hybridized carbons (Fsp3) is 0.333. The minimum atomic E-state index is -0.955. The van der Waals surface area contributed by atoms with Crippen molar-refractivity contribution in [2.75, 3.05) is 5.32 Å². The van der Waals surface area contributed by atoms with Gasteiger partial charge >= 0.3 is 5.97 Å². The first kappa shape index (κ1) is 22.7. The fourth-order valence-electron chi connectivity index (χ4n) is 3.51. The van der Waals surface area contributed by atoms with Crippen LogP contribution in [0.3, 0.4) is 0 Å². The van der Waals surface area contributed by atoms with Crippen LogP contribution < -0.4 is 5.32 Å². The number of esters is 1. The molecule has 1 atom stereocenters. The number of hydrogen-bond acceptors (Lipinski definition) is 6. The molecule has 172 valence electrons. The Morgan fingerprint density at radius 2 is 1.85 bits per heavy atom. The molecule has 3 heterocycles. The largest absolute Gasteiger partial charge is 0.448 e. The summed E-state index contributed by atoms with van der Waals surface area (Å²) in [7, 11) is 0. The van der Waals surface area contributed by atoms with Crippen molar-refractivity contribution in [2.24, 2.45) is 0 Å². The van der Waals surface area contributed by atoms with Crippen molar-refractivity contribution < 1.29 is 14.3 Å². The predicted molar refractivity (Wildman–Crippen MR) is 129 cm³/mol. The number of nitrogens with one attached hydrogen (secondary N) is 1. The molecule has 0 bridgehead atoms. The molecular weight excluding hydrogens is 438 g/mol. The highest BCUT2D eigenvalue weighted by atomic mass is 32.1. The van der Waals surface area contributed by atoms with Gasteiger partial charge in [-0.05, 0) is 46.2 Å². The standard InChI is InChI=1S/C24H27N5O3S/c1-14(2)29-21(10-11-25-29)26-22(30)17(5)32-24(31)20-12-19-16(4)27-28(23(19)33-20)13-18-8-6-15(3)7-9-18/h6-12,14,17H,13H2,1-5H3,(H,26,30). The number of nitrogens with zero attached hydrogens (tertiary/aromatic N) is 4. The van der Waals surface area contributed by atoms with Crippen LogP contribution >= 0.6 is 11.3 Å². The highest BCUT2D eigenvalue weighted by Gasteiger charge is 2.23. The average molecular weight is 466 g/mol. The summed E-state index contributed by atoms with van der Waals surface area (Å²) in [6, 6.07) is 11.9. The number of hydrogen-bond donors (Lipinski definition) is 1. The van der Waals surface area contributed by atoms with E-state index in [2.05, 4.69) is 46.7 Å². The summed E-state index contributed by atoms with van der Waals surface area (Å²) in [6.07, 6.45) is 0.662. The summed E-state index contributed by atoms with van der Waals surface area (Å²) in [5.74, 6) is -0.377. The van der Waals surface area contributed by atoms with Gasteiger partial charge in [0.25, 0.3) is 5.91 Å². The summed E-state index contributed by atoms with van der Waals surface area (Å²) in [6.45, 7) is 10.1. The molecule has 0 saturated carbocycles. The number of rotatable bonds is 7. The first-order chi connectivity index (χ1) is 15.7. The number of carbonyl (C=O) groups excluding carboxylic acids is 2. The topological polar surface area (TPSA) is 91.0 Å². The number of carbonyl (C=O) groups is 2. The zero-order valence-corrected chi connectivity index (χ0v) is 20.1. The molecule has 0 aliphatic rings. The predicted octanol–water partition coefficient (Wildman–Crippen LogP) is 4.72. The molecule has 4 aromatic rings. The minimum Gasteiger partial charge on any atom is -0.448 e. The number of amides is 1. The van der Waals surface area contributed by atoms with Crippen LogP contribution in [0.4, 0.5) is 5.82 Å². The van der Waals surface area contributed by atoms with E-state index in [4.69, 9.17) is 4.74 Å². The van der Waals surface area contributed by atoms with Gasteiger partial charge in [0.2, 0.25) is 0 Å². The van der Waals surface area contributed by atoms with Crippen LogP contribution in [-0.2, 0) is 16.1 Å². The maximum atomic E-state index is 12.8. The smallest absolute Gasteiger partial charge is 0.349 e. The molecule has 1 N–H and O–H groups in total. The lowest BCUT2D eigenvalue weighted by molar-refractivity contribution is -0.123. The van der Waals surface area contributed by atoms with Crippen molar-refractivity contribution in [2.45, 2.75) is 53.3 Å². The highest BCUT2D eigenvalue weighted by molar-refractivity contribution is 7.20. The monoisotopic (exact) mass is 465 g/mol. The van der Waals surface area contributed by atoms with Gasteiger partial charge in [-0.25, -0.2) is 9.48 Å². The second-order valence-corrected chi connectivity index (χ2v) is 9.38. The molecule has 1 amide bonds. The maximum absolute atomic E-state index is 12.8. The summed E-state index contributed by atoms with van der Waals surface area (Å²) in [5, 5.41) is 12.5. The molecule has 0 saturated heterocycles. The molecule has 1 unspecified atom stereocenters. The average Bonchev–Trinajstić information content (AvgIpc) is 3.47. The van der Waals surface area contributed by atoms with E-state index in [-0.39, 0.29) is 6.04 Å². The first-order valence-corrected chi connectivity index (χ1v) is 11.6. The van der Waals surface area contributed by atoms with E-state index in [1.807, 2.05) is 25.5 Å². The van der Waals surface area contributed by atoms with Gasteiger partial charge in [-0.3, -0.25) is 9.48 Å². The van der Waals surface area contributed by atoms with Crippen molar-refractivity contribution >= 4 is 39.2 Å². The normalized spacial score (nSPS) is 12.3. The van der Waals surface area contributed by atoms with Gasteiger partial charge in [0, 0.05) is 17.5 Å². The van der Waals surface area contributed by atoms with Crippen LogP contribution in [-0.4, -0.2) is 37.5 Å². The molecular formula is C24H27N5O3S. The molecule has 3 aromatic heterocycles. The van der Waals surface area contributed by atoms with Crippen molar-refractivity contribution in [1.29, 1.82) is 0 Å². The Balaban J connectivity index is 1.47. The van der Waals surface area contributed by atoms with E-state index in [1.165, 1.54) is 16.9 Å². The summed E-state index contributed by atoms with van der Waals surface area (Å²) < 4.78 is 9.06. The Bertz CT molecular complexity index is 1300. The second kappa shape index (κ2) is 9.19. The van der Waals surface area contributed by atoms with Gasteiger partial charge in [0.05, 0.1) is 18.4 Å². The van der Waals surface area contributed by atoms with Gasteiger partial charge in [-0.2, -0.15) is 10.2 Å². The van der Waals surface area contributed by atoms with E-state index in [0.29, 0.717) is 17.2 Å². The Labute approximate surface area is 196 Å². The van der Waals surface area contributed by atoms with Crippen molar-refractivity contribution in [3.05, 3.63) is 64.3 Å². The van der Waals surface area contributed by atoms with E-state index in [9.17, 15) is 9.59 Å². The number of ether oxygens (including phenoxy) is 1. The highest BCUT2D eigenvalue weighted by Crippen LogP contribution is 2.29. The SMILES string of the molecule is Cc1ccc(Cn2nc(C)c3cc(C(=O)OC(C)C(=O)Nc4ccnn4C(C)C)sc32)cc1. The lowest BCUT2D eigenvalue weighted by atomic mass is 10.1. The van der Waals surface area contributed by atoms with Gasteiger partial charge < -0.3 is 10.1 Å². The quantitative estimate of drug-likeness (QED) is 0.399. The van der Waals surface area contributed by atoms with Gasteiger partial charge in [0.1, 0.15) is 15.5 Å². The zero-order chi connectivity index (χ0) is 23.7. The van der Waals surface area contributed by atoms with Gasteiger partial charge in [0.15, 0.2) is 6.10 Å². The number of aryl methyl sites for hydroxylation is 2. The number of thiophene rings is 1. The Kier molecular flexibility index (Phi) is 6.33. The molecule has 1 aromatic carbocycles. The van der Waals surface area contributed by atoms with E-state index >= 15 is 0 Å². The molecule has 0 radical (unpaired) electrons. The fourth-order valence-corrected chi connectivity index (χ4v) is 4.56. The third kappa shape index (κ3) is 4.83. The molecule has 0 aliphatic carbocycles. The zero-order valence-electron chi connectivity index (χ0n) is 19.3. The van der Waals surface area contributed by atoms with Crippen LogP contribution in [0.5, 0.6) is 0 Å². The van der Waals surface area contributed by atoms with Crippen LogP contribution in [0.1, 0.15) is 53.3 Å². The van der Waals surface area contributed by atoms with Crippen LogP contribution in [0, 0.1) is 13.8 Å². The van der Waals surface area contributed by atoms with E-state index < -0.39 is 18.0 Å². The van der Waals surface area contributed by atoms with Crippen LogP contribution in [0.15, 0.2) is 42.6 Å². The number of benzene rings is 1. The number of anilines is 1. The second-order valence-electron chi connectivity index (χ2n) is 8.35. The lowest BCUT2D eigenvalue weighted by Gasteiger charge is -2.15. The maximum Gasteiger partial charge on any atom is 0.349 e. The van der Waals surface area contributed by atoms with E-state index in [0.717, 1.165) is 21.5 Å². The molecule has 4 rings (SSSR count). The molecule has 33 heavy (non-hydrogen) atoms. The van der Waals surface area contributed by atoms with Crippen molar-refractivity contribution in [3.63, 3.8) is 0 Å². The molecule has 0 spiro atoms. The van der Waals surface area contributed by atoms with Crippen molar-refractivity contribution in [3.8, 4) is 0 Å². The Hall–Kier alpha value is -3.46. The number of aromatic nitrogens is 4. The Morgan fingerprint density at radius 3 is 2.55 bits per heavy atom. The molecule has 0 fully saturated rings. The van der Waals surface area contributed by atoms with Gasteiger partial charge in [-0.15, -0.1) is 11.3 Å². The van der Waals surface area contributed by atoms with E-state index in [1.54, 1.807) is 29.9 Å². The lowest BCUT2D eigenvalue weighted by Crippen LogP contribution is -2.30. The summed E-state index contributed by atoms with van der Waals surface area (Å²) in [5.41, 5.74) is 3.18. The van der Waals surface area contributed by atoms with Crippen LogP contribution in [0.2, 0.25) is 0 Å². The molecule has 8 nitrogen and oxygen atoms in total. The summed E-state index contributed by atoms with van der Waals surface area (Å²) >= 11 is 1.32. The number of fused-ring (bicyclic) bond motifs is 1. The van der Waals surface area contributed by atoms with Crippen molar-refractivity contribution in [1.82, 2.24) is 19.6 Å². The summed E-state index contributed by atoms with van der Waals surface area (Å²) in [4.78, 5) is 26.7.